The third-order valence-corrected chi connectivity index (χ3v) is 2.95. The second-order valence-electron chi connectivity index (χ2n) is 3.67. The Hall–Kier alpha value is -1.79. The van der Waals surface area contributed by atoms with Crippen molar-refractivity contribution in [3.05, 3.63) is 46.5 Å². The van der Waals surface area contributed by atoms with E-state index in [2.05, 4.69) is 15.1 Å². The Balaban J connectivity index is 2.31. The van der Waals surface area contributed by atoms with Crippen LogP contribution < -0.4 is 0 Å². The van der Waals surface area contributed by atoms with Crippen LogP contribution in [-0.2, 0) is 0 Å². The maximum Gasteiger partial charge on any atom is 0.225 e. The Kier molecular flexibility index (Phi) is 2.83. The first kappa shape index (κ1) is 12.3. The zero-order valence-corrected chi connectivity index (χ0v) is 10.6. The largest absolute Gasteiger partial charge is 0.225 e. The van der Waals surface area contributed by atoms with Crippen molar-refractivity contribution in [2.24, 2.45) is 0 Å². The van der Waals surface area contributed by atoms with Gasteiger partial charge in [0.1, 0.15) is 16.7 Å². The van der Waals surface area contributed by atoms with Crippen molar-refractivity contribution in [1.29, 1.82) is 0 Å². The summed E-state index contributed by atoms with van der Waals surface area (Å²) < 4.78 is 27.8. The van der Waals surface area contributed by atoms with E-state index < -0.39 is 11.6 Å². The molecule has 0 aliphatic heterocycles. The Bertz CT molecular complexity index is 788. The highest BCUT2D eigenvalue weighted by molar-refractivity contribution is 6.35. The van der Waals surface area contributed by atoms with E-state index >= 15 is 0 Å². The molecule has 2 aromatic heterocycles. The molecule has 0 saturated heterocycles. The molecule has 0 N–H and O–H groups in total. The van der Waals surface area contributed by atoms with Gasteiger partial charge < -0.3 is 0 Å². The summed E-state index contributed by atoms with van der Waals surface area (Å²) >= 11 is 11.6. The Morgan fingerprint density at radius 3 is 2.63 bits per heavy atom. The molecule has 0 atom stereocenters. The van der Waals surface area contributed by atoms with Crippen molar-refractivity contribution in [2.75, 3.05) is 0 Å². The smallest absolute Gasteiger partial charge is 0.212 e. The van der Waals surface area contributed by atoms with Gasteiger partial charge in [0.25, 0.3) is 0 Å². The maximum absolute atomic E-state index is 13.7. The molecule has 19 heavy (non-hydrogen) atoms. The molecule has 3 aromatic rings. The van der Waals surface area contributed by atoms with Crippen molar-refractivity contribution in [3.63, 3.8) is 0 Å². The molecule has 0 radical (unpaired) electrons. The van der Waals surface area contributed by atoms with Crippen LogP contribution in [0.1, 0.15) is 0 Å². The van der Waals surface area contributed by atoms with Crippen LogP contribution in [0.5, 0.6) is 0 Å². The molecule has 0 unspecified atom stereocenters. The predicted molar refractivity (Wildman–Crippen MR) is 66.6 cm³/mol. The zero-order valence-electron chi connectivity index (χ0n) is 9.11. The molecule has 8 heteroatoms. The Morgan fingerprint density at radius 1 is 1.11 bits per heavy atom. The molecule has 2 heterocycles. The van der Waals surface area contributed by atoms with Gasteiger partial charge in [0.05, 0.1) is 11.6 Å². The molecule has 0 amide bonds. The van der Waals surface area contributed by atoms with Crippen molar-refractivity contribution >= 4 is 34.2 Å². The second kappa shape index (κ2) is 4.40. The quantitative estimate of drug-likeness (QED) is 0.511. The lowest BCUT2D eigenvalue weighted by Gasteiger charge is -2.04. The average molecular weight is 301 g/mol. The normalized spacial score (nSPS) is 11.2. The minimum Gasteiger partial charge on any atom is -0.212 e. The molecular weight excluding hydrogens is 297 g/mol. The Morgan fingerprint density at radius 2 is 1.89 bits per heavy atom. The lowest BCUT2D eigenvalue weighted by atomic mass is 10.3. The summed E-state index contributed by atoms with van der Waals surface area (Å²) in [5, 5.41) is 4.43. The first-order valence-corrected chi connectivity index (χ1v) is 5.84. The van der Waals surface area contributed by atoms with Gasteiger partial charge in [0, 0.05) is 6.07 Å². The summed E-state index contributed by atoms with van der Waals surface area (Å²) in [5.41, 5.74) is 0.290. The lowest BCUT2D eigenvalue weighted by Crippen LogP contribution is -2.01. The summed E-state index contributed by atoms with van der Waals surface area (Å²) in [6, 6.07) is 3.13. The van der Waals surface area contributed by atoms with Gasteiger partial charge in [-0.15, -0.1) is 0 Å². The van der Waals surface area contributed by atoms with E-state index in [0.29, 0.717) is 5.39 Å². The molecule has 96 valence electrons. The topological polar surface area (TPSA) is 43.6 Å². The summed E-state index contributed by atoms with van der Waals surface area (Å²) in [6.45, 7) is 0. The van der Waals surface area contributed by atoms with Crippen molar-refractivity contribution in [3.8, 4) is 5.69 Å². The van der Waals surface area contributed by atoms with Crippen molar-refractivity contribution in [1.82, 2.24) is 19.7 Å². The number of nitrogens with zero attached hydrogens (tertiary/aromatic N) is 4. The summed E-state index contributed by atoms with van der Waals surface area (Å²) in [7, 11) is 0. The van der Waals surface area contributed by atoms with Crippen LogP contribution in [0.15, 0.2) is 24.4 Å². The average Bonchev–Trinajstić information content (AvgIpc) is 2.73. The fraction of sp³-hybridized carbons (Fsp3) is 0. The van der Waals surface area contributed by atoms with E-state index in [1.54, 1.807) is 0 Å². The van der Waals surface area contributed by atoms with Crippen LogP contribution in [0.3, 0.4) is 0 Å². The van der Waals surface area contributed by atoms with Gasteiger partial charge in [-0.1, -0.05) is 11.6 Å². The van der Waals surface area contributed by atoms with E-state index in [1.165, 1.54) is 16.9 Å². The number of aromatic nitrogens is 4. The van der Waals surface area contributed by atoms with Gasteiger partial charge >= 0.3 is 0 Å². The highest BCUT2D eigenvalue weighted by Gasteiger charge is 2.14. The summed E-state index contributed by atoms with van der Waals surface area (Å²) in [5.74, 6) is -1.45. The van der Waals surface area contributed by atoms with Crippen LogP contribution >= 0.6 is 23.2 Å². The fourth-order valence-corrected chi connectivity index (χ4v) is 2.10. The molecular formula is C11H4Cl2F2N4. The minimum atomic E-state index is -0.768. The third kappa shape index (κ3) is 2.02. The summed E-state index contributed by atoms with van der Waals surface area (Å²) in [4.78, 5) is 7.70. The monoisotopic (exact) mass is 300 g/mol. The first-order chi connectivity index (χ1) is 9.06. The van der Waals surface area contributed by atoms with E-state index in [4.69, 9.17) is 23.2 Å². The van der Waals surface area contributed by atoms with Crippen LogP contribution in [0, 0.1) is 11.6 Å². The maximum atomic E-state index is 13.7. The molecule has 1 aromatic carbocycles. The zero-order chi connectivity index (χ0) is 13.6. The minimum absolute atomic E-state index is 0.0437. The van der Waals surface area contributed by atoms with E-state index in [1.807, 2.05) is 0 Å². The number of hydrogen-bond acceptors (Lipinski definition) is 3. The van der Waals surface area contributed by atoms with Crippen molar-refractivity contribution in [2.45, 2.75) is 0 Å². The number of halogens is 4. The van der Waals surface area contributed by atoms with E-state index in [9.17, 15) is 8.78 Å². The highest BCUT2D eigenvalue weighted by atomic mass is 35.5. The number of rotatable bonds is 1. The van der Waals surface area contributed by atoms with Gasteiger partial charge in [-0.05, 0) is 23.7 Å². The SMILES string of the molecule is Fc1ccc(-n2ncc3c(Cl)nc(Cl)nc32)c(F)c1. The highest BCUT2D eigenvalue weighted by Crippen LogP contribution is 2.25. The van der Waals surface area contributed by atoms with Gasteiger partial charge in [-0.3, -0.25) is 0 Å². The number of hydrogen-bond donors (Lipinski definition) is 0. The summed E-state index contributed by atoms with van der Waals surface area (Å²) in [6.07, 6.45) is 1.39. The predicted octanol–water partition coefficient (Wildman–Crippen LogP) is 3.40. The fourth-order valence-electron chi connectivity index (χ4n) is 1.68. The Labute approximate surface area is 115 Å². The van der Waals surface area contributed by atoms with Crippen molar-refractivity contribution < 1.29 is 8.78 Å². The van der Waals surface area contributed by atoms with Gasteiger partial charge in [-0.25, -0.2) is 18.4 Å². The number of fused-ring (bicyclic) bond motifs is 1. The molecule has 0 saturated carbocycles. The standard InChI is InChI=1S/C11H4Cl2F2N4/c12-9-6-4-16-19(10(6)18-11(13)17-9)8-2-1-5(14)3-7(8)15/h1-4H. The molecule has 3 rings (SSSR count). The molecule has 0 spiro atoms. The number of benzene rings is 1. The van der Waals surface area contributed by atoms with Crippen LogP contribution in [0.4, 0.5) is 8.78 Å². The van der Waals surface area contributed by atoms with Crippen LogP contribution in [0.25, 0.3) is 16.7 Å². The molecule has 0 aliphatic rings. The van der Waals surface area contributed by atoms with Gasteiger partial charge in [-0.2, -0.15) is 10.1 Å². The lowest BCUT2D eigenvalue weighted by molar-refractivity contribution is 0.574. The molecule has 4 nitrogen and oxygen atoms in total. The van der Waals surface area contributed by atoms with Gasteiger partial charge in [0.2, 0.25) is 5.28 Å². The van der Waals surface area contributed by atoms with Crippen LogP contribution in [-0.4, -0.2) is 19.7 Å². The molecule has 0 fully saturated rings. The van der Waals surface area contributed by atoms with Crippen LogP contribution in [0.2, 0.25) is 10.4 Å². The first-order valence-electron chi connectivity index (χ1n) is 5.08. The van der Waals surface area contributed by atoms with E-state index in [0.717, 1.165) is 12.1 Å². The molecule has 0 bridgehead atoms. The van der Waals surface area contributed by atoms with Gasteiger partial charge in [0.15, 0.2) is 11.5 Å². The second-order valence-corrected chi connectivity index (χ2v) is 4.37. The van der Waals surface area contributed by atoms with E-state index in [-0.39, 0.29) is 21.8 Å². The third-order valence-electron chi connectivity index (χ3n) is 2.49. The molecule has 0 aliphatic carbocycles.